The summed E-state index contributed by atoms with van der Waals surface area (Å²) in [6.45, 7) is 6.07. The molecule has 8 atom stereocenters. The normalized spacial score (nSPS) is 51.1. The highest BCUT2D eigenvalue weighted by atomic mass is 32.2. The van der Waals surface area contributed by atoms with Crippen molar-refractivity contribution in [2.45, 2.75) is 68.7 Å². The summed E-state index contributed by atoms with van der Waals surface area (Å²) in [5.74, 6) is 0.571. The first-order valence-corrected chi connectivity index (χ1v) is 12.9. The van der Waals surface area contributed by atoms with Gasteiger partial charge in [-0.1, -0.05) is 25.5 Å². The molecule has 28 heavy (non-hydrogen) atoms. The topological polar surface area (TPSA) is 54.4 Å². The van der Waals surface area contributed by atoms with Crippen molar-refractivity contribution in [3.63, 3.8) is 0 Å². The smallest absolute Gasteiger partial charge is 0.178 e. The molecule has 4 rings (SSSR count). The number of hydrogen-bond donors (Lipinski definition) is 1. The van der Waals surface area contributed by atoms with E-state index < -0.39 is 32.1 Å². The number of carbonyl (C=O) groups is 1. The minimum absolute atomic E-state index is 0.0910. The zero-order valence-electron chi connectivity index (χ0n) is 17.2. The predicted octanol–water partition coefficient (Wildman–Crippen LogP) is 4.19. The lowest BCUT2D eigenvalue weighted by atomic mass is 9.46. The number of halogens is 1. The van der Waals surface area contributed by atoms with Gasteiger partial charge in [-0.15, -0.1) is 11.8 Å². The molecule has 0 bridgehead atoms. The van der Waals surface area contributed by atoms with Crippen LogP contribution < -0.4 is 0 Å². The second-order valence-electron chi connectivity index (χ2n) is 9.44. The van der Waals surface area contributed by atoms with Gasteiger partial charge in [-0.3, -0.25) is 9.00 Å². The van der Waals surface area contributed by atoms with Crippen LogP contribution in [0.2, 0.25) is 0 Å². The molecule has 0 aliphatic heterocycles. The largest absolute Gasteiger partial charge is 0.390 e. The first-order chi connectivity index (χ1) is 13.1. The zero-order valence-corrected chi connectivity index (χ0v) is 18.8. The highest BCUT2D eigenvalue weighted by molar-refractivity contribution is 8.12. The van der Waals surface area contributed by atoms with Crippen molar-refractivity contribution in [1.82, 2.24) is 0 Å². The molecule has 0 heterocycles. The van der Waals surface area contributed by atoms with Gasteiger partial charge in [0.1, 0.15) is 0 Å². The fraction of sp³-hybridized carbons (Fsp3) is 0.773. The van der Waals surface area contributed by atoms with Crippen molar-refractivity contribution >= 4 is 28.3 Å². The van der Waals surface area contributed by atoms with E-state index in [1.807, 2.05) is 6.92 Å². The summed E-state index contributed by atoms with van der Waals surface area (Å²) in [6, 6.07) is 0. The lowest BCUT2D eigenvalue weighted by Crippen LogP contribution is -2.68. The van der Waals surface area contributed by atoms with Gasteiger partial charge in [-0.25, -0.2) is 4.39 Å². The second kappa shape index (κ2) is 6.52. The Morgan fingerprint density at radius 3 is 2.68 bits per heavy atom. The Morgan fingerprint density at radius 1 is 1.32 bits per heavy atom. The van der Waals surface area contributed by atoms with Gasteiger partial charge in [0.15, 0.2) is 11.5 Å². The summed E-state index contributed by atoms with van der Waals surface area (Å²) in [7, 11) is -1.06. The third kappa shape index (κ3) is 2.31. The van der Waals surface area contributed by atoms with Crippen molar-refractivity contribution in [3.8, 4) is 0 Å². The van der Waals surface area contributed by atoms with Gasteiger partial charge in [0.2, 0.25) is 0 Å². The van der Waals surface area contributed by atoms with E-state index in [-0.39, 0.29) is 23.0 Å². The predicted molar refractivity (Wildman–Crippen MR) is 113 cm³/mol. The number of carbonyl (C=O) groups excluding carboxylic acids is 1. The van der Waals surface area contributed by atoms with Crippen molar-refractivity contribution in [3.05, 3.63) is 23.8 Å². The number of ketones is 1. The van der Waals surface area contributed by atoms with Crippen LogP contribution in [0.4, 0.5) is 4.39 Å². The van der Waals surface area contributed by atoms with Gasteiger partial charge >= 0.3 is 0 Å². The fourth-order valence-corrected chi connectivity index (χ4v) is 10.8. The maximum atomic E-state index is 17.0. The Hall–Kier alpha value is -0.460. The number of alkyl halides is 1. The average molecular weight is 427 g/mol. The van der Waals surface area contributed by atoms with E-state index in [0.717, 1.165) is 24.2 Å². The molecule has 0 radical (unpaired) electrons. The zero-order chi connectivity index (χ0) is 20.5. The molecule has 1 unspecified atom stereocenters. The number of aliphatic hydroxyl groups is 1. The second-order valence-corrected chi connectivity index (χ2v) is 12.9. The Labute approximate surface area is 174 Å². The Kier molecular flexibility index (Phi) is 4.84. The van der Waals surface area contributed by atoms with E-state index in [2.05, 4.69) is 13.8 Å². The maximum absolute atomic E-state index is 17.0. The van der Waals surface area contributed by atoms with Crippen LogP contribution in [-0.2, 0) is 15.6 Å². The van der Waals surface area contributed by atoms with Gasteiger partial charge < -0.3 is 5.11 Å². The van der Waals surface area contributed by atoms with Crippen molar-refractivity contribution < 1.29 is 18.5 Å². The standard InChI is InChI=1S/C22H31FO3S2/c1-5-27-21(28(4)26)11-9-16-17-7-6-14-12-15(24)8-10-19(14,2)22(17,23)18(25)13-20(16,21)3/h8,10,12,16-18,25H,5-7,9,11,13H2,1-4H3/t16-,17-,18-,19-,20-,21+,22-,28?/m0/s1. The Balaban J connectivity index is 1.82. The van der Waals surface area contributed by atoms with Crippen LogP contribution in [0.25, 0.3) is 0 Å². The number of aliphatic hydroxyl groups excluding tert-OH is 1. The van der Waals surface area contributed by atoms with E-state index in [0.29, 0.717) is 19.3 Å². The summed E-state index contributed by atoms with van der Waals surface area (Å²) in [4.78, 5) is 11.9. The molecule has 3 fully saturated rings. The van der Waals surface area contributed by atoms with Crippen LogP contribution in [0.15, 0.2) is 23.8 Å². The van der Waals surface area contributed by atoms with E-state index >= 15 is 4.39 Å². The van der Waals surface area contributed by atoms with Gasteiger partial charge in [-0.05, 0) is 68.3 Å². The van der Waals surface area contributed by atoms with Crippen molar-refractivity contribution in [1.29, 1.82) is 0 Å². The molecular formula is C22H31FO3S2. The van der Waals surface area contributed by atoms with Gasteiger partial charge in [-0.2, -0.15) is 0 Å². The molecule has 4 aliphatic carbocycles. The fourth-order valence-electron chi connectivity index (χ4n) is 7.18. The molecule has 0 aromatic carbocycles. The van der Waals surface area contributed by atoms with Gasteiger partial charge in [0, 0.05) is 28.4 Å². The van der Waals surface area contributed by atoms with Crippen LogP contribution in [0.1, 0.15) is 52.9 Å². The number of fused-ring (bicyclic) bond motifs is 5. The summed E-state index contributed by atoms with van der Waals surface area (Å²) in [5, 5.41) is 11.3. The van der Waals surface area contributed by atoms with Crippen molar-refractivity contribution in [2.75, 3.05) is 12.0 Å². The number of rotatable bonds is 3. The summed E-state index contributed by atoms with van der Waals surface area (Å²) < 4.78 is 29.5. The lowest BCUT2D eigenvalue weighted by molar-refractivity contribution is -0.189. The van der Waals surface area contributed by atoms with Crippen LogP contribution >= 0.6 is 11.8 Å². The first-order valence-electron chi connectivity index (χ1n) is 10.4. The average Bonchev–Trinajstić information content (AvgIpc) is 2.91. The number of hydrogen-bond acceptors (Lipinski definition) is 4. The van der Waals surface area contributed by atoms with Crippen LogP contribution in [-0.4, -0.2) is 43.0 Å². The SMILES string of the molecule is CCS[C@@]1(S(C)=O)CC[C@H]2[C@@H]3CCC4=CC(=O)C=C[C@]4(C)[C@@]3(F)[C@@H](O)C[C@@]21C. The molecule has 1 N–H and O–H groups in total. The first kappa shape index (κ1) is 20.8. The third-order valence-electron chi connectivity index (χ3n) is 8.53. The molecule has 0 aromatic rings. The minimum atomic E-state index is -1.79. The van der Waals surface area contributed by atoms with Crippen LogP contribution in [0.5, 0.6) is 0 Å². The van der Waals surface area contributed by atoms with E-state index in [1.165, 1.54) is 6.08 Å². The lowest BCUT2D eigenvalue weighted by Gasteiger charge is -2.63. The molecule has 3 nitrogen and oxygen atoms in total. The molecule has 156 valence electrons. The maximum Gasteiger partial charge on any atom is 0.178 e. The molecule has 0 spiro atoms. The highest BCUT2D eigenvalue weighted by Crippen LogP contribution is 2.72. The van der Waals surface area contributed by atoms with Crippen LogP contribution in [0.3, 0.4) is 0 Å². The quantitative estimate of drug-likeness (QED) is 0.735. The Morgan fingerprint density at radius 2 is 2.04 bits per heavy atom. The van der Waals surface area contributed by atoms with E-state index in [9.17, 15) is 14.1 Å². The number of thioether (sulfide) groups is 1. The molecular weight excluding hydrogens is 395 g/mol. The molecule has 0 saturated heterocycles. The van der Waals surface area contributed by atoms with Crippen molar-refractivity contribution in [2.24, 2.45) is 22.7 Å². The van der Waals surface area contributed by atoms with Gasteiger partial charge in [0.05, 0.1) is 10.2 Å². The minimum Gasteiger partial charge on any atom is -0.390 e. The summed E-state index contributed by atoms with van der Waals surface area (Å²) in [6.07, 6.45) is 8.68. The number of allylic oxidation sites excluding steroid dienone is 4. The monoisotopic (exact) mass is 426 g/mol. The molecule has 6 heteroatoms. The highest BCUT2D eigenvalue weighted by Gasteiger charge is 2.73. The molecule has 0 amide bonds. The summed E-state index contributed by atoms with van der Waals surface area (Å²) in [5.41, 5.74) is -2.29. The molecule has 3 saturated carbocycles. The van der Waals surface area contributed by atoms with E-state index in [4.69, 9.17) is 0 Å². The molecule has 0 aromatic heterocycles. The van der Waals surface area contributed by atoms with Gasteiger partial charge in [0.25, 0.3) is 0 Å². The third-order valence-corrected chi connectivity index (χ3v) is 12.6. The molecule has 4 aliphatic rings. The van der Waals surface area contributed by atoms with E-state index in [1.54, 1.807) is 30.2 Å². The van der Waals surface area contributed by atoms with Crippen LogP contribution in [0, 0.1) is 22.7 Å². The summed E-state index contributed by atoms with van der Waals surface area (Å²) >= 11 is 1.74. The Bertz CT molecular complexity index is 795.